The molecule has 0 saturated carbocycles. The van der Waals surface area contributed by atoms with Gasteiger partial charge in [0.2, 0.25) is 5.95 Å². The molecule has 34 heavy (non-hydrogen) atoms. The van der Waals surface area contributed by atoms with Crippen molar-refractivity contribution in [3.05, 3.63) is 64.4 Å². The first-order valence-corrected chi connectivity index (χ1v) is 11.4. The highest BCUT2D eigenvalue weighted by atomic mass is 35.5. The molecule has 5 rings (SSSR count). The third kappa shape index (κ3) is 4.74. The number of aromatic nitrogens is 3. The lowest BCUT2D eigenvalue weighted by Crippen LogP contribution is -2.44. The number of benzene rings is 1. The number of hydrogen-bond donors (Lipinski definition) is 2. The highest BCUT2D eigenvalue weighted by molar-refractivity contribution is 6.32. The maximum absolute atomic E-state index is 13.0. The fourth-order valence-corrected chi connectivity index (χ4v) is 4.44. The van der Waals surface area contributed by atoms with Crippen molar-refractivity contribution < 1.29 is 13.2 Å². The molecule has 2 aromatic heterocycles. The van der Waals surface area contributed by atoms with Crippen LogP contribution in [0.15, 0.2) is 42.6 Å². The Labute approximate surface area is 200 Å². The summed E-state index contributed by atoms with van der Waals surface area (Å²) in [6.07, 6.45) is -2.02. The third-order valence-corrected chi connectivity index (χ3v) is 6.26. The second-order valence-electron chi connectivity index (χ2n) is 8.22. The molecule has 0 atom stereocenters. The van der Waals surface area contributed by atoms with Crippen LogP contribution in [-0.2, 0) is 19.1 Å². The molecule has 0 spiro atoms. The van der Waals surface area contributed by atoms with E-state index in [0.717, 1.165) is 49.6 Å². The summed E-state index contributed by atoms with van der Waals surface area (Å²) in [6.45, 7) is 4.38. The van der Waals surface area contributed by atoms with E-state index in [4.69, 9.17) is 21.6 Å². The molecule has 3 aromatic rings. The summed E-state index contributed by atoms with van der Waals surface area (Å²) in [5, 5.41) is 7.13. The standard InChI is InChI=1S/C23H23ClF3N7/c24-18-2-1-8-29-21(18)34-11-7-17-19(14-34)31-22(33-12-9-28-10-13-33)32-20(17)30-16-5-3-15(4-6-16)23(25,26)27/h1-6,8,28H,7,9-14H2,(H,30,31,32). The fourth-order valence-electron chi connectivity index (χ4n) is 4.20. The minimum absolute atomic E-state index is 0.509. The molecule has 2 N–H and O–H groups in total. The molecule has 0 radical (unpaired) electrons. The zero-order chi connectivity index (χ0) is 23.7. The Kier molecular flexibility index (Phi) is 6.18. The first kappa shape index (κ1) is 22.7. The molecule has 4 heterocycles. The first-order valence-electron chi connectivity index (χ1n) is 11.0. The van der Waals surface area contributed by atoms with Gasteiger partial charge < -0.3 is 20.4 Å². The number of piperazine rings is 1. The minimum atomic E-state index is -4.38. The molecule has 0 amide bonds. The molecule has 2 aliphatic rings. The van der Waals surface area contributed by atoms with Crippen molar-refractivity contribution in [2.24, 2.45) is 0 Å². The summed E-state index contributed by atoms with van der Waals surface area (Å²) < 4.78 is 38.9. The summed E-state index contributed by atoms with van der Waals surface area (Å²) in [5.41, 5.74) is 1.65. The Hall–Kier alpha value is -3.11. The van der Waals surface area contributed by atoms with Crippen LogP contribution < -0.4 is 20.4 Å². The van der Waals surface area contributed by atoms with Crippen molar-refractivity contribution in [3.8, 4) is 0 Å². The predicted molar refractivity (Wildman–Crippen MR) is 126 cm³/mol. The van der Waals surface area contributed by atoms with Gasteiger partial charge in [-0.15, -0.1) is 0 Å². The first-order chi connectivity index (χ1) is 16.4. The van der Waals surface area contributed by atoms with E-state index in [2.05, 4.69) is 25.4 Å². The van der Waals surface area contributed by atoms with Gasteiger partial charge in [-0.1, -0.05) is 11.6 Å². The number of nitrogens with one attached hydrogen (secondary N) is 2. The number of nitrogens with zero attached hydrogens (tertiary/aromatic N) is 5. The predicted octanol–water partition coefficient (Wildman–Crippen LogP) is 4.26. The molecule has 1 fully saturated rings. The smallest absolute Gasteiger partial charge is 0.349 e. The van der Waals surface area contributed by atoms with Gasteiger partial charge in [-0.3, -0.25) is 0 Å². The van der Waals surface area contributed by atoms with Crippen molar-refractivity contribution in [3.63, 3.8) is 0 Å². The molecule has 7 nitrogen and oxygen atoms in total. The number of anilines is 4. The lowest BCUT2D eigenvalue weighted by atomic mass is 10.0. The van der Waals surface area contributed by atoms with Crippen molar-refractivity contribution in [1.29, 1.82) is 0 Å². The van der Waals surface area contributed by atoms with Gasteiger partial charge in [0.05, 0.1) is 22.8 Å². The Morgan fingerprint density at radius 1 is 0.971 bits per heavy atom. The van der Waals surface area contributed by atoms with Crippen LogP contribution in [0, 0.1) is 0 Å². The van der Waals surface area contributed by atoms with Gasteiger partial charge in [-0.2, -0.15) is 18.2 Å². The van der Waals surface area contributed by atoms with Crippen LogP contribution in [0.3, 0.4) is 0 Å². The Balaban J connectivity index is 1.48. The van der Waals surface area contributed by atoms with Crippen LogP contribution in [0.4, 0.5) is 36.4 Å². The van der Waals surface area contributed by atoms with Gasteiger partial charge in [-0.05, 0) is 42.8 Å². The maximum Gasteiger partial charge on any atom is 0.416 e. The quantitative estimate of drug-likeness (QED) is 0.567. The van der Waals surface area contributed by atoms with Crippen molar-refractivity contribution in [1.82, 2.24) is 20.3 Å². The van der Waals surface area contributed by atoms with Gasteiger partial charge in [0.1, 0.15) is 11.6 Å². The van der Waals surface area contributed by atoms with E-state index in [9.17, 15) is 13.2 Å². The Bertz CT molecular complexity index is 1160. The van der Waals surface area contributed by atoms with E-state index in [1.807, 2.05) is 6.07 Å². The van der Waals surface area contributed by atoms with Crippen LogP contribution in [-0.4, -0.2) is 47.7 Å². The zero-order valence-electron chi connectivity index (χ0n) is 18.2. The lowest BCUT2D eigenvalue weighted by Gasteiger charge is -2.33. The van der Waals surface area contributed by atoms with Crippen molar-refractivity contribution in [2.45, 2.75) is 19.1 Å². The third-order valence-electron chi connectivity index (χ3n) is 5.97. The van der Waals surface area contributed by atoms with E-state index in [0.29, 0.717) is 47.8 Å². The molecular formula is C23H23ClF3N7. The van der Waals surface area contributed by atoms with Crippen LogP contribution in [0.25, 0.3) is 0 Å². The van der Waals surface area contributed by atoms with Crippen LogP contribution in [0.2, 0.25) is 5.02 Å². The molecule has 0 aliphatic carbocycles. The summed E-state index contributed by atoms with van der Waals surface area (Å²) in [6, 6.07) is 8.58. The van der Waals surface area contributed by atoms with Crippen LogP contribution in [0.1, 0.15) is 16.8 Å². The number of fused-ring (bicyclic) bond motifs is 1. The summed E-state index contributed by atoms with van der Waals surface area (Å²) in [7, 11) is 0. The van der Waals surface area contributed by atoms with Crippen molar-refractivity contribution >= 4 is 34.9 Å². The van der Waals surface area contributed by atoms with Gasteiger partial charge in [0, 0.05) is 50.2 Å². The van der Waals surface area contributed by atoms with E-state index >= 15 is 0 Å². The van der Waals surface area contributed by atoms with E-state index in [1.165, 1.54) is 12.1 Å². The second-order valence-corrected chi connectivity index (χ2v) is 8.62. The van der Waals surface area contributed by atoms with Gasteiger partial charge in [-0.25, -0.2) is 9.97 Å². The number of hydrogen-bond acceptors (Lipinski definition) is 7. The minimum Gasteiger partial charge on any atom is -0.349 e. The zero-order valence-corrected chi connectivity index (χ0v) is 19.0. The van der Waals surface area contributed by atoms with Crippen LogP contribution >= 0.6 is 11.6 Å². The average Bonchev–Trinajstić information content (AvgIpc) is 2.84. The van der Waals surface area contributed by atoms with Gasteiger partial charge in [0.25, 0.3) is 0 Å². The maximum atomic E-state index is 13.0. The normalized spacial score (nSPS) is 16.4. The monoisotopic (exact) mass is 489 g/mol. The topological polar surface area (TPSA) is 69.2 Å². The number of pyridine rings is 1. The fraction of sp³-hybridized carbons (Fsp3) is 0.348. The van der Waals surface area contributed by atoms with Crippen LogP contribution in [0.5, 0.6) is 0 Å². The van der Waals surface area contributed by atoms with E-state index in [-0.39, 0.29) is 0 Å². The molecule has 11 heteroatoms. The SMILES string of the molecule is FC(F)(F)c1ccc(Nc2nc(N3CCNCC3)nc3c2CCN(c2ncccc2Cl)C3)cc1. The molecular weight excluding hydrogens is 467 g/mol. The average molecular weight is 490 g/mol. The molecule has 0 unspecified atom stereocenters. The van der Waals surface area contributed by atoms with Crippen molar-refractivity contribution in [2.75, 3.05) is 47.8 Å². The van der Waals surface area contributed by atoms with E-state index < -0.39 is 11.7 Å². The van der Waals surface area contributed by atoms with Gasteiger partial charge >= 0.3 is 6.18 Å². The largest absolute Gasteiger partial charge is 0.416 e. The molecule has 2 aliphatic heterocycles. The molecule has 1 aromatic carbocycles. The summed E-state index contributed by atoms with van der Waals surface area (Å²) in [4.78, 5) is 18.3. The highest BCUT2D eigenvalue weighted by Gasteiger charge is 2.30. The summed E-state index contributed by atoms with van der Waals surface area (Å²) >= 11 is 6.38. The number of halogens is 4. The van der Waals surface area contributed by atoms with E-state index in [1.54, 1.807) is 12.3 Å². The number of rotatable bonds is 4. The Morgan fingerprint density at radius 2 is 1.74 bits per heavy atom. The summed E-state index contributed by atoms with van der Waals surface area (Å²) in [5.74, 6) is 1.92. The molecule has 178 valence electrons. The van der Waals surface area contributed by atoms with Gasteiger partial charge in [0.15, 0.2) is 0 Å². The number of alkyl halides is 3. The molecule has 1 saturated heterocycles. The Morgan fingerprint density at radius 3 is 2.44 bits per heavy atom. The second kappa shape index (κ2) is 9.27. The molecule has 0 bridgehead atoms. The lowest BCUT2D eigenvalue weighted by molar-refractivity contribution is -0.137. The highest BCUT2D eigenvalue weighted by Crippen LogP contribution is 2.34.